The van der Waals surface area contributed by atoms with Crippen molar-refractivity contribution in [3.8, 4) is 6.01 Å². The van der Waals surface area contributed by atoms with Gasteiger partial charge >= 0.3 is 12.1 Å². The highest BCUT2D eigenvalue weighted by molar-refractivity contribution is 6.34. The molecule has 3 N–H and O–H groups in total. The Bertz CT molecular complexity index is 1750. The topological polar surface area (TPSA) is 156 Å². The zero-order valence-electron chi connectivity index (χ0n) is 24.3. The summed E-state index contributed by atoms with van der Waals surface area (Å²) < 4.78 is 10.5. The number of nitrogens with zero attached hydrogens (tertiary/aromatic N) is 3. The van der Waals surface area contributed by atoms with Crippen molar-refractivity contribution in [1.29, 1.82) is 0 Å². The smallest absolute Gasteiger partial charge is 0.414 e. The Kier molecular flexibility index (Phi) is 9.30. The van der Waals surface area contributed by atoms with Gasteiger partial charge in [-0.25, -0.2) is 9.78 Å². The standard InChI is InChI=1S/C30H31ClN6O6/c1-6-12-37(29(41)43-30(2,3)4)20-9-7-8-19(15-20)33-25(38)17-10-11-22(31)23(14-17)34-26(39)21-13-18-16-32-28(42-5)36-24(18)35-27(21)40/h7-11,13-16H,6,12H2,1-5H3,(H,33,38)(H,34,39)(H,32,35,36,40). The third kappa shape index (κ3) is 7.66. The molecule has 0 bridgehead atoms. The minimum atomic E-state index is -0.746. The fraction of sp³-hybridized carbons (Fsp3) is 0.267. The lowest BCUT2D eigenvalue weighted by molar-refractivity contribution is 0.0580. The molecule has 0 unspecified atom stereocenters. The molecule has 0 aliphatic rings. The van der Waals surface area contributed by atoms with Crippen molar-refractivity contribution in [3.63, 3.8) is 0 Å². The van der Waals surface area contributed by atoms with Crippen LogP contribution in [0.15, 0.2) is 59.5 Å². The van der Waals surface area contributed by atoms with Gasteiger partial charge in [0, 0.05) is 35.1 Å². The van der Waals surface area contributed by atoms with Gasteiger partial charge in [0.1, 0.15) is 16.8 Å². The molecule has 2 heterocycles. The quantitative estimate of drug-likeness (QED) is 0.233. The van der Waals surface area contributed by atoms with Crippen LogP contribution in [0.25, 0.3) is 11.0 Å². The number of nitrogens with one attached hydrogen (secondary N) is 3. The van der Waals surface area contributed by atoms with E-state index in [0.717, 1.165) is 0 Å². The van der Waals surface area contributed by atoms with Gasteiger partial charge in [-0.1, -0.05) is 24.6 Å². The Hall–Kier alpha value is -4.97. The third-order valence-electron chi connectivity index (χ3n) is 5.95. The second-order valence-electron chi connectivity index (χ2n) is 10.5. The predicted molar refractivity (Wildman–Crippen MR) is 164 cm³/mol. The van der Waals surface area contributed by atoms with Crippen molar-refractivity contribution >= 4 is 57.6 Å². The molecule has 43 heavy (non-hydrogen) atoms. The van der Waals surface area contributed by atoms with E-state index in [9.17, 15) is 19.2 Å². The van der Waals surface area contributed by atoms with Gasteiger partial charge in [-0.15, -0.1) is 0 Å². The summed E-state index contributed by atoms with van der Waals surface area (Å²) in [6.07, 6.45) is 1.62. The number of ether oxygens (including phenoxy) is 2. The summed E-state index contributed by atoms with van der Waals surface area (Å²) in [4.78, 5) is 63.7. The fourth-order valence-electron chi connectivity index (χ4n) is 4.02. The maximum Gasteiger partial charge on any atom is 0.414 e. The number of amides is 3. The maximum absolute atomic E-state index is 13.2. The van der Waals surface area contributed by atoms with Gasteiger partial charge < -0.3 is 25.1 Å². The lowest BCUT2D eigenvalue weighted by atomic mass is 10.1. The van der Waals surface area contributed by atoms with Crippen LogP contribution in [-0.4, -0.2) is 52.1 Å². The summed E-state index contributed by atoms with van der Waals surface area (Å²) in [5.41, 5.74) is -0.0336. The van der Waals surface area contributed by atoms with Gasteiger partial charge in [0.05, 0.1) is 17.8 Å². The van der Waals surface area contributed by atoms with Crippen molar-refractivity contribution < 1.29 is 23.9 Å². The lowest BCUT2D eigenvalue weighted by Crippen LogP contribution is -2.37. The van der Waals surface area contributed by atoms with Crippen molar-refractivity contribution in [2.24, 2.45) is 0 Å². The summed E-state index contributed by atoms with van der Waals surface area (Å²) in [7, 11) is 1.39. The SMILES string of the molecule is CCCN(C(=O)OC(C)(C)C)c1cccc(NC(=O)c2ccc(Cl)c(NC(=O)c3cc4cnc(OC)nc4[nH]c3=O)c2)c1. The van der Waals surface area contributed by atoms with E-state index in [1.807, 2.05) is 6.92 Å². The molecule has 224 valence electrons. The van der Waals surface area contributed by atoms with Crippen molar-refractivity contribution in [2.45, 2.75) is 39.7 Å². The van der Waals surface area contributed by atoms with Crippen LogP contribution >= 0.6 is 11.6 Å². The van der Waals surface area contributed by atoms with Crippen LogP contribution in [0.2, 0.25) is 5.02 Å². The van der Waals surface area contributed by atoms with Gasteiger partial charge in [0.25, 0.3) is 17.4 Å². The van der Waals surface area contributed by atoms with Gasteiger partial charge in [-0.2, -0.15) is 4.98 Å². The monoisotopic (exact) mass is 606 g/mol. The van der Waals surface area contributed by atoms with Gasteiger partial charge in [-0.05, 0) is 69.7 Å². The van der Waals surface area contributed by atoms with Crippen LogP contribution in [0, 0.1) is 0 Å². The molecule has 3 amide bonds. The highest BCUT2D eigenvalue weighted by atomic mass is 35.5. The molecule has 0 atom stereocenters. The highest BCUT2D eigenvalue weighted by Crippen LogP contribution is 2.26. The number of carbonyl (C=O) groups is 3. The maximum atomic E-state index is 13.2. The summed E-state index contributed by atoms with van der Waals surface area (Å²) in [6.45, 7) is 7.75. The number of rotatable bonds is 8. The second-order valence-corrected chi connectivity index (χ2v) is 10.9. The van der Waals surface area contributed by atoms with Crippen LogP contribution in [0.4, 0.5) is 21.9 Å². The first-order valence-electron chi connectivity index (χ1n) is 13.4. The molecular weight excluding hydrogens is 576 g/mol. The zero-order chi connectivity index (χ0) is 31.3. The van der Waals surface area contributed by atoms with Gasteiger partial charge in [0.15, 0.2) is 0 Å². The number of halogens is 1. The molecule has 2 aromatic carbocycles. The van der Waals surface area contributed by atoms with E-state index in [2.05, 4.69) is 25.6 Å². The van der Waals surface area contributed by atoms with Gasteiger partial charge in [0.2, 0.25) is 0 Å². The number of pyridine rings is 1. The summed E-state index contributed by atoms with van der Waals surface area (Å²) in [6, 6.07) is 12.6. The number of hydrogen-bond donors (Lipinski definition) is 3. The Morgan fingerprint density at radius 2 is 1.81 bits per heavy atom. The summed E-state index contributed by atoms with van der Waals surface area (Å²) in [5, 5.41) is 5.96. The molecule has 4 rings (SSSR count). The number of aromatic amines is 1. The molecule has 0 saturated carbocycles. The van der Waals surface area contributed by atoms with Crippen molar-refractivity contribution in [2.75, 3.05) is 29.2 Å². The molecular formula is C30H31ClN6O6. The normalized spacial score (nSPS) is 11.1. The first kappa shape index (κ1) is 31.0. The molecule has 0 radical (unpaired) electrons. The summed E-state index contributed by atoms with van der Waals surface area (Å²) in [5.74, 6) is -1.23. The number of fused-ring (bicyclic) bond motifs is 1. The molecule has 12 nitrogen and oxygen atoms in total. The molecule has 4 aromatic rings. The van der Waals surface area contributed by atoms with Crippen LogP contribution in [0.3, 0.4) is 0 Å². The number of hydrogen-bond acceptors (Lipinski definition) is 8. The second kappa shape index (κ2) is 12.9. The van der Waals surface area contributed by atoms with E-state index in [1.54, 1.807) is 45.0 Å². The van der Waals surface area contributed by atoms with E-state index in [4.69, 9.17) is 21.1 Å². The van der Waals surface area contributed by atoms with Gasteiger partial charge in [-0.3, -0.25) is 19.3 Å². The Balaban J connectivity index is 1.53. The summed E-state index contributed by atoms with van der Waals surface area (Å²) >= 11 is 6.31. The molecule has 0 fully saturated rings. The number of carbonyl (C=O) groups excluding carboxylic acids is 3. The average molecular weight is 607 g/mol. The molecule has 2 aromatic heterocycles. The van der Waals surface area contributed by atoms with E-state index in [1.165, 1.54) is 42.5 Å². The predicted octanol–water partition coefficient (Wildman–Crippen LogP) is 5.64. The molecule has 0 spiro atoms. The first-order chi connectivity index (χ1) is 20.4. The number of anilines is 3. The number of aromatic nitrogens is 3. The van der Waals surface area contributed by atoms with E-state index in [0.29, 0.717) is 29.7 Å². The Labute approximate surface area is 252 Å². The van der Waals surface area contributed by atoms with E-state index in [-0.39, 0.29) is 33.5 Å². The van der Waals surface area contributed by atoms with E-state index < -0.39 is 29.1 Å². The molecule has 0 saturated heterocycles. The van der Waals surface area contributed by atoms with Crippen LogP contribution in [0.5, 0.6) is 6.01 Å². The lowest BCUT2D eigenvalue weighted by Gasteiger charge is -2.27. The largest absolute Gasteiger partial charge is 0.467 e. The average Bonchev–Trinajstić information content (AvgIpc) is 2.95. The molecule has 0 aliphatic heterocycles. The fourth-order valence-corrected chi connectivity index (χ4v) is 4.18. The van der Waals surface area contributed by atoms with Crippen molar-refractivity contribution in [1.82, 2.24) is 15.0 Å². The van der Waals surface area contributed by atoms with E-state index >= 15 is 0 Å². The van der Waals surface area contributed by atoms with Crippen LogP contribution < -0.4 is 25.8 Å². The number of H-pyrrole nitrogens is 1. The highest BCUT2D eigenvalue weighted by Gasteiger charge is 2.23. The number of methoxy groups -OCH3 is 1. The Morgan fingerprint density at radius 1 is 1.05 bits per heavy atom. The van der Waals surface area contributed by atoms with Crippen LogP contribution in [-0.2, 0) is 4.74 Å². The van der Waals surface area contributed by atoms with Crippen LogP contribution in [0.1, 0.15) is 54.8 Å². The molecule has 0 aliphatic carbocycles. The Morgan fingerprint density at radius 3 is 2.51 bits per heavy atom. The van der Waals surface area contributed by atoms with Crippen molar-refractivity contribution in [3.05, 3.63) is 81.2 Å². The first-order valence-corrected chi connectivity index (χ1v) is 13.7. The molecule has 13 heteroatoms. The minimum Gasteiger partial charge on any atom is -0.467 e. The third-order valence-corrected chi connectivity index (χ3v) is 6.28. The minimum absolute atomic E-state index is 0.0651. The number of benzene rings is 2. The zero-order valence-corrected chi connectivity index (χ0v) is 25.0.